The van der Waals surface area contributed by atoms with E-state index in [0.717, 1.165) is 22.6 Å². The van der Waals surface area contributed by atoms with Crippen molar-refractivity contribution < 1.29 is 5.21 Å². The third kappa shape index (κ3) is 2.47. The molecule has 0 aliphatic heterocycles. The quantitative estimate of drug-likeness (QED) is 0.522. The first-order chi connectivity index (χ1) is 9.04. The maximum atomic E-state index is 8.67. The van der Waals surface area contributed by atoms with Gasteiger partial charge in [-0.15, -0.1) is 0 Å². The van der Waals surface area contributed by atoms with Crippen molar-refractivity contribution in [1.82, 2.24) is 4.57 Å². The van der Waals surface area contributed by atoms with E-state index < -0.39 is 0 Å². The molecule has 0 bridgehead atoms. The lowest BCUT2D eigenvalue weighted by Crippen LogP contribution is -2.08. The van der Waals surface area contributed by atoms with Crippen LogP contribution < -0.4 is 4.90 Å². The van der Waals surface area contributed by atoms with Crippen molar-refractivity contribution in [2.45, 2.75) is 13.8 Å². The molecule has 100 valence electrons. The van der Waals surface area contributed by atoms with Crippen molar-refractivity contribution in [3.8, 4) is 5.69 Å². The fourth-order valence-corrected chi connectivity index (χ4v) is 2.28. The molecule has 4 nitrogen and oxygen atoms in total. The minimum atomic E-state index is 0.927. The van der Waals surface area contributed by atoms with E-state index in [2.05, 4.69) is 38.9 Å². The smallest absolute Gasteiger partial charge is 0.0752 e. The number of rotatable bonds is 3. The third-order valence-corrected chi connectivity index (χ3v) is 3.29. The first-order valence-electron chi connectivity index (χ1n) is 6.18. The van der Waals surface area contributed by atoms with Gasteiger partial charge in [0.05, 0.1) is 6.21 Å². The van der Waals surface area contributed by atoms with Gasteiger partial charge in [0.25, 0.3) is 0 Å². The van der Waals surface area contributed by atoms with Crippen molar-refractivity contribution in [1.29, 1.82) is 0 Å². The fourth-order valence-electron chi connectivity index (χ4n) is 2.28. The van der Waals surface area contributed by atoms with E-state index in [1.54, 1.807) is 0 Å². The number of hydrogen-bond acceptors (Lipinski definition) is 3. The summed E-state index contributed by atoms with van der Waals surface area (Å²) >= 11 is 0. The summed E-state index contributed by atoms with van der Waals surface area (Å²) in [6.07, 6.45) is 1.47. The summed E-state index contributed by atoms with van der Waals surface area (Å²) in [4.78, 5) is 2.07. The highest BCUT2D eigenvalue weighted by Crippen LogP contribution is 2.22. The minimum absolute atomic E-state index is 0.927. The molecule has 0 radical (unpaired) electrons. The van der Waals surface area contributed by atoms with Crippen LogP contribution in [-0.4, -0.2) is 30.1 Å². The Balaban J connectivity index is 2.47. The maximum Gasteiger partial charge on any atom is 0.0752 e. The number of benzene rings is 1. The number of nitrogens with zero attached hydrogens (tertiary/aromatic N) is 3. The summed E-state index contributed by atoms with van der Waals surface area (Å²) in [7, 11) is 4.05. The molecule has 0 atom stereocenters. The molecule has 0 unspecified atom stereocenters. The van der Waals surface area contributed by atoms with Crippen molar-refractivity contribution in [2.24, 2.45) is 5.16 Å². The van der Waals surface area contributed by atoms with Crippen LogP contribution in [0.3, 0.4) is 0 Å². The summed E-state index contributed by atoms with van der Waals surface area (Å²) in [6.45, 7) is 4.06. The van der Waals surface area contributed by atoms with E-state index in [4.69, 9.17) is 5.21 Å². The van der Waals surface area contributed by atoms with Crippen LogP contribution in [0.15, 0.2) is 35.5 Å². The van der Waals surface area contributed by atoms with Gasteiger partial charge in [-0.1, -0.05) is 5.16 Å². The Kier molecular flexibility index (Phi) is 3.60. The first kappa shape index (κ1) is 13.2. The number of oxime groups is 1. The molecule has 1 N–H and O–H groups in total. The summed E-state index contributed by atoms with van der Waals surface area (Å²) in [6, 6.07) is 10.4. The molecule has 0 spiro atoms. The van der Waals surface area contributed by atoms with Gasteiger partial charge in [-0.3, -0.25) is 0 Å². The van der Waals surface area contributed by atoms with Gasteiger partial charge < -0.3 is 14.7 Å². The summed E-state index contributed by atoms with van der Waals surface area (Å²) in [5.41, 5.74) is 5.39. The number of aryl methyl sites for hydroxylation is 1. The fraction of sp³-hybridized carbons (Fsp3) is 0.267. The number of aromatic nitrogens is 1. The Morgan fingerprint density at radius 3 is 2.32 bits per heavy atom. The van der Waals surface area contributed by atoms with Gasteiger partial charge in [-0.25, -0.2) is 0 Å². The van der Waals surface area contributed by atoms with Crippen LogP contribution in [0.1, 0.15) is 17.0 Å². The Bertz CT molecular complexity index is 595. The summed E-state index contributed by atoms with van der Waals surface area (Å²) in [5.74, 6) is 0. The van der Waals surface area contributed by atoms with E-state index in [1.807, 2.05) is 34.0 Å². The van der Waals surface area contributed by atoms with E-state index in [-0.39, 0.29) is 0 Å². The number of hydrogen-bond donors (Lipinski definition) is 1. The maximum absolute atomic E-state index is 8.67. The average molecular weight is 257 g/mol. The largest absolute Gasteiger partial charge is 0.411 e. The molecule has 0 saturated heterocycles. The van der Waals surface area contributed by atoms with Gasteiger partial charge in [0.2, 0.25) is 0 Å². The van der Waals surface area contributed by atoms with Gasteiger partial charge in [0.15, 0.2) is 0 Å². The van der Waals surface area contributed by atoms with Crippen LogP contribution in [0, 0.1) is 13.8 Å². The third-order valence-electron chi connectivity index (χ3n) is 3.29. The molecular weight excluding hydrogens is 238 g/mol. The van der Waals surface area contributed by atoms with E-state index in [1.165, 1.54) is 11.9 Å². The zero-order chi connectivity index (χ0) is 14.0. The predicted octanol–water partition coefficient (Wildman–Crippen LogP) is 2.97. The Morgan fingerprint density at radius 2 is 1.79 bits per heavy atom. The lowest BCUT2D eigenvalue weighted by atomic mass is 10.2. The van der Waals surface area contributed by atoms with Crippen LogP contribution in [0.5, 0.6) is 0 Å². The van der Waals surface area contributed by atoms with E-state index >= 15 is 0 Å². The van der Waals surface area contributed by atoms with Crippen LogP contribution in [-0.2, 0) is 0 Å². The zero-order valence-electron chi connectivity index (χ0n) is 11.8. The van der Waals surface area contributed by atoms with Gasteiger partial charge >= 0.3 is 0 Å². The van der Waals surface area contributed by atoms with Gasteiger partial charge in [0.1, 0.15) is 0 Å². The Labute approximate surface area is 113 Å². The Hall–Kier alpha value is -2.23. The molecule has 1 aromatic heterocycles. The monoisotopic (exact) mass is 257 g/mol. The second kappa shape index (κ2) is 5.18. The summed E-state index contributed by atoms with van der Waals surface area (Å²) in [5, 5.41) is 11.8. The zero-order valence-corrected chi connectivity index (χ0v) is 11.8. The normalized spacial score (nSPS) is 11.2. The molecule has 2 aromatic rings. The molecule has 0 amide bonds. The van der Waals surface area contributed by atoms with Crippen LogP contribution in [0.2, 0.25) is 0 Å². The van der Waals surface area contributed by atoms with Gasteiger partial charge in [0, 0.05) is 42.4 Å². The molecule has 0 fully saturated rings. The van der Waals surface area contributed by atoms with Gasteiger partial charge in [-0.2, -0.15) is 0 Å². The Morgan fingerprint density at radius 1 is 1.16 bits per heavy atom. The molecule has 1 heterocycles. The molecule has 19 heavy (non-hydrogen) atoms. The predicted molar refractivity (Wildman–Crippen MR) is 79.0 cm³/mol. The van der Waals surface area contributed by atoms with E-state index in [0.29, 0.717) is 0 Å². The van der Waals surface area contributed by atoms with Crippen LogP contribution in [0.4, 0.5) is 5.69 Å². The summed E-state index contributed by atoms with van der Waals surface area (Å²) < 4.78 is 2.15. The molecule has 0 aliphatic rings. The molecule has 1 aromatic carbocycles. The average Bonchev–Trinajstić information content (AvgIpc) is 2.65. The molecule has 0 saturated carbocycles. The molecule has 4 heteroatoms. The molecule has 2 rings (SSSR count). The second-order valence-electron chi connectivity index (χ2n) is 4.82. The van der Waals surface area contributed by atoms with Crippen LogP contribution >= 0.6 is 0 Å². The highest BCUT2D eigenvalue weighted by molar-refractivity contribution is 5.81. The molecular formula is C15H19N3O. The van der Waals surface area contributed by atoms with Crippen molar-refractivity contribution in [2.75, 3.05) is 19.0 Å². The molecule has 0 aliphatic carbocycles. The highest BCUT2D eigenvalue weighted by Gasteiger charge is 2.09. The SMILES string of the molecule is Cc1cc(/C=N/O)c(C)n1-c1ccc(N(C)C)cc1. The lowest BCUT2D eigenvalue weighted by molar-refractivity contribution is 0.322. The van der Waals surface area contributed by atoms with Crippen molar-refractivity contribution in [3.05, 3.63) is 47.3 Å². The topological polar surface area (TPSA) is 40.8 Å². The van der Waals surface area contributed by atoms with Crippen molar-refractivity contribution in [3.63, 3.8) is 0 Å². The second-order valence-corrected chi connectivity index (χ2v) is 4.82. The van der Waals surface area contributed by atoms with Crippen LogP contribution in [0.25, 0.3) is 5.69 Å². The van der Waals surface area contributed by atoms with E-state index in [9.17, 15) is 0 Å². The highest BCUT2D eigenvalue weighted by atomic mass is 16.4. The standard InChI is InChI=1S/C15H19N3O/c1-11-9-13(10-16-19)12(2)18(11)15-7-5-14(6-8-15)17(3)4/h5-10,19H,1-4H3/b16-10+. The van der Waals surface area contributed by atoms with Gasteiger partial charge in [-0.05, 0) is 44.2 Å². The van der Waals surface area contributed by atoms with Crippen molar-refractivity contribution >= 4 is 11.9 Å². The minimum Gasteiger partial charge on any atom is -0.411 e. The first-order valence-corrected chi connectivity index (χ1v) is 6.18. The lowest BCUT2D eigenvalue weighted by Gasteiger charge is -2.14. The number of anilines is 1.